The lowest BCUT2D eigenvalue weighted by Crippen LogP contribution is -2.43. The van der Waals surface area contributed by atoms with Crippen molar-refractivity contribution in [1.82, 2.24) is 20.4 Å². The fourth-order valence-electron chi connectivity index (χ4n) is 2.92. The Labute approximate surface area is 129 Å². The summed E-state index contributed by atoms with van der Waals surface area (Å²) in [6.45, 7) is 6.23. The Balaban J connectivity index is 1.82. The highest BCUT2D eigenvalue weighted by Crippen LogP contribution is 2.29. The number of fused-ring (bicyclic) bond motifs is 1. The number of aromatic nitrogens is 3. The molecule has 3 heterocycles. The first kappa shape index (κ1) is 14.7. The van der Waals surface area contributed by atoms with Crippen molar-refractivity contribution in [2.45, 2.75) is 33.1 Å². The van der Waals surface area contributed by atoms with Crippen LogP contribution in [0.5, 0.6) is 0 Å². The van der Waals surface area contributed by atoms with Crippen molar-refractivity contribution in [2.75, 3.05) is 24.5 Å². The normalized spacial score (nSPS) is 18.6. The van der Waals surface area contributed by atoms with Crippen LogP contribution in [0.3, 0.4) is 0 Å². The summed E-state index contributed by atoms with van der Waals surface area (Å²) in [5.41, 5.74) is 1.28. The summed E-state index contributed by atoms with van der Waals surface area (Å²) in [7, 11) is 0. The standard InChI is InChI=1S/C15H21N5O2/c1-3-6-16-14(21)11-5-4-7-20(8-11)13-12-10(2)19-22-15(12)18-9-17-13/h9,11H,3-8H2,1-2H3,(H,16,21)/t11-/m0/s1. The Morgan fingerprint density at radius 2 is 2.36 bits per heavy atom. The fraction of sp³-hybridized carbons (Fsp3) is 0.600. The molecule has 118 valence electrons. The second kappa shape index (κ2) is 6.29. The van der Waals surface area contributed by atoms with Gasteiger partial charge in [-0.05, 0) is 26.2 Å². The van der Waals surface area contributed by atoms with E-state index >= 15 is 0 Å². The summed E-state index contributed by atoms with van der Waals surface area (Å²) in [6, 6.07) is 0. The molecule has 1 saturated heterocycles. The molecule has 0 spiro atoms. The third-order valence-electron chi connectivity index (χ3n) is 4.06. The molecule has 1 amide bonds. The van der Waals surface area contributed by atoms with Gasteiger partial charge in [0.05, 0.1) is 11.6 Å². The summed E-state index contributed by atoms with van der Waals surface area (Å²) in [4.78, 5) is 22.9. The highest BCUT2D eigenvalue weighted by atomic mass is 16.5. The number of nitrogens with one attached hydrogen (secondary N) is 1. The van der Waals surface area contributed by atoms with E-state index in [0.29, 0.717) is 12.3 Å². The Morgan fingerprint density at radius 3 is 3.18 bits per heavy atom. The highest BCUT2D eigenvalue weighted by molar-refractivity contribution is 5.88. The molecule has 0 saturated carbocycles. The van der Waals surface area contributed by atoms with Gasteiger partial charge >= 0.3 is 0 Å². The lowest BCUT2D eigenvalue weighted by Gasteiger charge is -2.33. The van der Waals surface area contributed by atoms with E-state index in [1.54, 1.807) is 0 Å². The average Bonchev–Trinajstić information content (AvgIpc) is 2.94. The van der Waals surface area contributed by atoms with Crippen molar-refractivity contribution in [2.24, 2.45) is 5.92 Å². The van der Waals surface area contributed by atoms with Crippen LogP contribution in [0.2, 0.25) is 0 Å². The van der Waals surface area contributed by atoms with E-state index < -0.39 is 0 Å². The molecule has 7 nitrogen and oxygen atoms in total. The molecule has 0 aromatic carbocycles. The van der Waals surface area contributed by atoms with Gasteiger partial charge in [0.2, 0.25) is 5.91 Å². The van der Waals surface area contributed by atoms with Crippen LogP contribution < -0.4 is 10.2 Å². The maximum Gasteiger partial charge on any atom is 0.263 e. The second-order valence-electron chi connectivity index (χ2n) is 5.72. The highest BCUT2D eigenvalue weighted by Gasteiger charge is 2.28. The van der Waals surface area contributed by atoms with Crippen LogP contribution in [0.25, 0.3) is 11.1 Å². The molecule has 2 aromatic rings. The van der Waals surface area contributed by atoms with Crippen molar-refractivity contribution in [3.63, 3.8) is 0 Å². The van der Waals surface area contributed by atoms with E-state index in [0.717, 1.165) is 49.2 Å². The number of rotatable bonds is 4. The van der Waals surface area contributed by atoms with Gasteiger partial charge in [0.15, 0.2) is 0 Å². The Hall–Kier alpha value is -2.18. The zero-order valence-electron chi connectivity index (χ0n) is 13.0. The van der Waals surface area contributed by atoms with Gasteiger partial charge in [0, 0.05) is 19.6 Å². The van der Waals surface area contributed by atoms with Gasteiger partial charge in [-0.25, -0.2) is 4.98 Å². The van der Waals surface area contributed by atoms with E-state index in [4.69, 9.17) is 4.52 Å². The Bertz CT molecular complexity index is 669. The number of anilines is 1. The number of hydrogen-bond donors (Lipinski definition) is 1. The molecule has 1 N–H and O–H groups in total. The lowest BCUT2D eigenvalue weighted by atomic mass is 9.97. The number of carbonyl (C=O) groups excluding carboxylic acids is 1. The third kappa shape index (κ3) is 2.75. The van der Waals surface area contributed by atoms with Crippen molar-refractivity contribution in [3.8, 4) is 0 Å². The van der Waals surface area contributed by atoms with Crippen molar-refractivity contribution in [1.29, 1.82) is 0 Å². The summed E-state index contributed by atoms with van der Waals surface area (Å²) in [5.74, 6) is 0.959. The SMILES string of the molecule is CCCNC(=O)[C@H]1CCCN(c2ncnc3onc(C)c23)C1. The van der Waals surface area contributed by atoms with Crippen LogP contribution in [-0.4, -0.2) is 40.7 Å². The minimum atomic E-state index is 0.00508. The van der Waals surface area contributed by atoms with Crippen molar-refractivity contribution < 1.29 is 9.32 Å². The summed E-state index contributed by atoms with van der Waals surface area (Å²) in [6.07, 6.45) is 4.33. The molecule has 22 heavy (non-hydrogen) atoms. The molecule has 0 unspecified atom stereocenters. The molecule has 2 aromatic heterocycles. The number of carbonyl (C=O) groups is 1. The first-order valence-electron chi connectivity index (χ1n) is 7.80. The van der Waals surface area contributed by atoms with Gasteiger partial charge in [0.1, 0.15) is 17.5 Å². The third-order valence-corrected chi connectivity index (χ3v) is 4.06. The average molecular weight is 303 g/mol. The van der Waals surface area contributed by atoms with Crippen LogP contribution in [0.1, 0.15) is 31.9 Å². The topological polar surface area (TPSA) is 84.2 Å². The van der Waals surface area contributed by atoms with Gasteiger partial charge in [-0.3, -0.25) is 4.79 Å². The summed E-state index contributed by atoms with van der Waals surface area (Å²) >= 11 is 0. The molecule has 1 fully saturated rings. The zero-order chi connectivity index (χ0) is 15.5. The predicted molar refractivity (Wildman–Crippen MR) is 82.6 cm³/mol. The quantitative estimate of drug-likeness (QED) is 0.925. The number of piperidine rings is 1. The maximum atomic E-state index is 12.2. The minimum Gasteiger partial charge on any atom is -0.356 e. The fourth-order valence-corrected chi connectivity index (χ4v) is 2.92. The van der Waals surface area contributed by atoms with E-state index in [9.17, 15) is 4.79 Å². The van der Waals surface area contributed by atoms with Crippen LogP contribution in [-0.2, 0) is 4.79 Å². The van der Waals surface area contributed by atoms with Crippen molar-refractivity contribution >= 4 is 22.8 Å². The predicted octanol–water partition coefficient (Wildman–Crippen LogP) is 1.67. The Morgan fingerprint density at radius 1 is 1.50 bits per heavy atom. The van der Waals surface area contributed by atoms with E-state index in [-0.39, 0.29) is 11.8 Å². The molecule has 3 rings (SSSR count). The van der Waals surface area contributed by atoms with Gasteiger partial charge in [-0.2, -0.15) is 4.98 Å². The van der Waals surface area contributed by atoms with Gasteiger partial charge in [-0.1, -0.05) is 12.1 Å². The molecule has 7 heteroatoms. The van der Waals surface area contributed by atoms with E-state index in [1.807, 2.05) is 6.92 Å². The lowest BCUT2D eigenvalue weighted by molar-refractivity contribution is -0.125. The summed E-state index contributed by atoms with van der Waals surface area (Å²) < 4.78 is 5.20. The summed E-state index contributed by atoms with van der Waals surface area (Å²) in [5, 5.41) is 7.80. The van der Waals surface area contributed by atoms with Gasteiger partial charge in [-0.15, -0.1) is 0 Å². The van der Waals surface area contributed by atoms with Crippen LogP contribution in [0, 0.1) is 12.8 Å². The smallest absolute Gasteiger partial charge is 0.263 e. The largest absolute Gasteiger partial charge is 0.356 e. The number of aryl methyl sites for hydroxylation is 1. The molecule has 1 aliphatic heterocycles. The first-order chi connectivity index (χ1) is 10.7. The number of nitrogens with zero attached hydrogens (tertiary/aromatic N) is 4. The maximum absolute atomic E-state index is 12.2. The van der Waals surface area contributed by atoms with E-state index in [2.05, 4.69) is 32.3 Å². The molecule has 1 atom stereocenters. The molecule has 0 aliphatic carbocycles. The second-order valence-corrected chi connectivity index (χ2v) is 5.72. The van der Waals surface area contributed by atoms with Crippen molar-refractivity contribution in [3.05, 3.63) is 12.0 Å². The molecular weight excluding hydrogens is 282 g/mol. The zero-order valence-corrected chi connectivity index (χ0v) is 13.0. The van der Waals surface area contributed by atoms with Crippen LogP contribution in [0.15, 0.2) is 10.9 Å². The number of amides is 1. The number of hydrogen-bond acceptors (Lipinski definition) is 6. The Kier molecular flexibility index (Phi) is 4.22. The van der Waals surface area contributed by atoms with Crippen LogP contribution >= 0.6 is 0 Å². The van der Waals surface area contributed by atoms with E-state index in [1.165, 1.54) is 6.33 Å². The van der Waals surface area contributed by atoms with Gasteiger partial charge in [0.25, 0.3) is 5.71 Å². The molecule has 0 bridgehead atoms. The minimum absolute atomic E-state index is 0.00508. The molecule has 1 aliphatic rings. The molecular formula is C15H21N5O2. The van der Waals surface area contributed by atoms with Crippen LogP contribution in [0.4, 0.5) is 5.82 Å². The molecule has 0 radical (unpaired) electrons. The van der Waals surface area contributed by atoms with Gasteiger partial charge < -0.3 is 14.7 Å². The first-order valence-corrected chi connectivity index (χ1v) is 7.80. The monoisotopic (exact) mass is 303 g/mol.